The minimum Gasteiger partial charge on any atom is -0.270 e. The van der Waals surface area contributed by atoms with Gasteiger partial charge < -0.3 is 0 Å². The van der Waals surface area contributed by atoms with Crippen molar-refractivity contribution in [1.29, 1.82) is 0 Å². The van der Waals surface area contributed by atoms with Crippen LogP contribution in [0.1, 0.15) is 27.2 Å². The fourth-order valence-electron chi connectivity index (χ4n) is 0.838. The average molecular weight is 230 g/mol. The summed E-state index contributed by atoms with van der Waals surface area (Å²) in [6, 6.07) is 0. The molecule has 0 unspecified atom stereocenters. The van der Waals surface area contributed by atoms with Gasteiger partial charge in [-0.1, -0.05) is 20.8 Å². The second-order valence-electron chi connectivity index (χ2n) is 3.91. The van der Waals surface area contributed by atoms with Gasteiger partial charge in [0.1, 0.15) is 0 Å². The molecule has 0 saturated carbocycles. The van der Waals surface area contributed by atoms with Gasteiger partial charge in [0, 0.05) is 6.42 Å². The molecule has 0 amide bonds. The van der Waals surface area contributed by atoms with Gasteiger partial charge in [-0.25, -0.2) is 8.78 Å². The number of hydrogen-bond donors (Lipinski definition) is 0. The summed E-state index contributed by atoms with van der Waals surface area (Å²) in [5, 5.41) is 0. The van der Waals surface area contributed by atoms with E-state index in [1.54, 1.807) is 0 Å². The molecule has 3 nitrogen and oxygen atoms in total. The Morgan fingerprint density at radius 2 is 1.71 bits per heavy atom. The van der Waals surface area contributed by atoms with Gasteiger partial charge in [0.05, 0.1) is 18.3 Å². The first-order valence-corrected chi connectivity index (χ1v) is 6.06. The van der Waals surface area contributed by atoms with Gasteiger partial charge in [-0.15, -0.1) is 0 Å². The van der Waals surface area contributed by atoms with Crippen LogP contribution in [0.4, 0.5) is 8.78 Å². The first kappa shape index (κ1) is 13.8. The Bertz CT molecular complexity index is 283. The molecule has 86 valence electrons. The van der Waals surface area contributed by atoms with Gasteiger partial charge in [-0.2, -0.15) is 8.42 Å². The van der Waals surface area contributed by atoms with Crippen molar-refractivity contribution in [3.63, 3.8) is 0 Å². The van der Waals surface area contributed by atoms with E-state index in [4.69, 9.17) is 0 Å². The lowest BCUT2D eigenvalue weighted by atomic mass is 9.85. The van der Waals surface area contributed by atoms with E-state index in [9.17, 15) is 17.2 Å². The standard InChI is InChI=1S/C8H16F2O3S/c1-5-8(9,10)7(2,3)6-13-14(4,11)12/h5-6H2,1-4H3. The molecule has 0 aromatic rings. The fraction of sp³-hybridized carbons (Fsp3) is 1.00. The summed E-state index contributed by atoms with van der Waals surface area (Å²) in [5.74, 6) is -2.93. The zero-order valence-corrected chi connectivity index (χ0v) is 9.62. The molecule has 0 rings (SSSR count). The predicted octanol–water partition coefficient (Wildman–Crippen LogP) is 2.03. The first-order chi connectivity index (χ1) is 6.02. The maximum absolute atomic E-state index is 13.2. The van der Waals surface area contributed by atoms with E-state index in [2.05, 4.69) is 4.18 Å². The van der Waals surface area contributed by atoms with Gasteiger partial charge in [-0.3, -0.25) is 4.18 Å². The molecule has 0 aromatic heterocycles. The number of hydrogen-bond acceptors (Lipinski definition) is 3. The van der Waals surface area contributed by atoms with E-state index < -0.39 is 28.1 Å². The van der Waals surface area contributed by atoms with Crippen LogP contribution in [0, 0.1) is 5.41 Å². The van der Waals surface area contributed by atoms with Gasteiger partial charge in [0.25, 0.3) is 16.0 Å². The Labute approximate surface area is 83.6 Å². The van der Waals surface area contributed by atoms with E-state index >= 15 is 0 Å². The molecule has 0 atom stereocenters. The lowest BCUT2D eigenvalue weighted by Gasteiger charge is -2.32. The van der Waals surface area contributed by atoms with E-state index in [-0.39, 0.29) is 6.42 Å². The van der Waals surface area contributed by atoms with Crippen molar-refractivity contribution in [2.45, 2.75) is 33.1 Å². The van der Waals surface area contributed by atoms with E-state index in [1.165, 1.54) is 20.8 Å². The highest BCUT2D eigenvalue weighted by Crippen LogP contribution is 2.39. The number of alkyl halides is 2. The molecule has 0 saturated heterocycles. The molecular weight excluding hydrogens is 214 g/mol. The average Bonchev–Trinajstić information content (AvgIpc) is 1.99. The smallest absolute Gasteiger partial charge is 0.264 e. The molecule has 6 heteroatoms. The summed E-state index contributed by atoms with van der Waals surface area (Å²) in [7, 11) is -3.66. The SMILES string of the molecule is CCC(F)(F)C(C)(C)COS(C)(=O)=O. The van der Waals surface area contributed by atoms with Crippen LogP contribution in [0.15, 0.2) is 0 Å². The first-order valence-electron chi connectivity index (χ1n) is 4.24. The molecule has 0 heterocycles. The molecule has 0 aliphatic rings. The van der Waals surface area contributed by atoms with Gasteiger partial charge in [0.2, 0.25) is 0 Å². The summed E-state index contributed by atoms with van der Waals surface area (Å²) in [6.07, 6.45) is 0.500. The summed E-state index contributed by atoms with van der Waals surface area (Å²) in [5.41, 5.74) is -1.48. The number of rotatable bonds is 5. The summed E-state index contributed by atoms with van der Waals surface area (Å²) < 4.78 is 52.1. The molecule has 0 aliphatic heterocycles. The Morgan fingerprint density at radius 1 is 1.29 bits per heavy atom. The third-order valence-electron chi connectivity index (χ3n) is 2.07. The van der Waals surface area contributed by atoms with Crippen LogP contribution in [0.2, 0.25) is 0 Å². The normalized spacial score (nSPS) is 14.4. The molecule has 0 aliphatic carbocycles. The Balaban J connectivity index is 4.50. The third-order valence-corrected chi connectivity index (χ3v) is 2.61. The van der Waals surface area contributed by atoms with E-state index in [1.807, 2.05) is 0 Å². The molecule has 0 spiro atoms. The lowest BCUT2D eigenvalue weighted by Crippen LogP contribution is -2.40. The molecule has 14 heavy (non-hydrogen) atoms. The highest BCUT2D eigenvalue weighted by Gasteiger charge is 2.45. The highest BCUT2D eigenvalue weighted by atomic mass is 32.2. The molecule has 0 bridgehead atoms. The monoisotopic (exact) mass is 230 g/mol. The van der Waals surface area contributed by atoms with Gasteiger partial charge in [0.15, 0.2) is 0 Å². The second-order valence-corrected chi connectivity index (χ2v) is 5.55. The summed E-state index contributed by atoms with van der Waals surface area (Å²) in [4.78, 5) is 0. The van der Waals surface area contributed by atoms with E-state index in [0.29, 0.717) is 0 Å². The quantitative estimate of drug-likeness (QED) is 0.679. The van der Waals surface area contributed by atoms with E-state index in [0.717, 1.165) is 6.26 Å². The molecule has 0 fully saturated rings. The second kappa shape index (κ2) is 4.10. The predicted molar refractivity (Wildman–Crippen MR) is 49.8 cm³/mol. The maximum Gasteiger partial charge on any atom is 0.264 e. The molecule has 0 N–H and O–H groups in total. The third kappa shape index (κ3) is 3.88. The van der Waals surface area contributed by atoms with Crippen LogP contribution in [0.3, 0.4) is 0 Å². The minimum atomic E-state index is -3.66. The maximum atomic E-state index is 13.2. The van der Waals surface area contributed by atoms with Crippen molar-refractivity contribution in [3.05, 3.63) is 0 Å². The Morgan fingerprint density at radius 3 is 2.00 bits per heavy atom. The van der Waals surface area contributed by atoms with Crippen molar-refractivity contribution in [2.24, 2.45) is 5.41 Å². The van der Waals surface area contributed by atoms with Crippen molar-refractivity contribution in [3.8, 4) is 0 Å². The number of halogens is 2. The van der Waals surface area contributed by atoms with Gasteiger partial charge >= 0.3 is 0 Å². The highest BCUT2D eigenvalue weighted by molar-refractivity contribution is 7.85. The van der Waals surface area contributed by atoms with Crippen LogP contribution in [0.5, 0.6) is 0 Å². The summed E-state index contributed by atoms with van der Waals surface area (Å²) in [6.45, 7) is 3.40. The topological polar surface area (TPSA) is 43.4 Å². The van der Waals surface area contributed by atoms with Crippen LogP contribution in [-0.2, 0) is 14.3 Å². The lowest BCUT2D eigenvalue weighted by molar-refractivity contribution is -0.122. The summed E-state index contributed by atoms with van der Waals surface area (Å²) >= 11 is 0. The van der Waals surface area contributed by atoms with Crippen LogP contribution < -0.4 is 0 Å². The zero-order chi connectivity index (χ0) is 11.6. The fourth-order valence-corrected chi connectivity index (χ4v) is 1.35. The van der Waals surface area contributed by atoms with Crippen molar-refractivity contribution in [2.75, 3.05) is 12.9 Å². The van der Waals surface area contributed by atoms with Crippen LogP contribution in [0.25, 0.3) is 0 Å². The minimum absolute atomic E-state index is 0.340. The van der Waals surface area contributed by atoms with Crippen molar-refractivity contribution < 1.29 is 21.4 Å². The zero-order valence-electron chi connectivity index (χ0n) is 8.80. The largest absolute Gasteiger partial charge is 0.270 e. The van der Waals surface area contributed by atoms with Crippen molar-refractivity contribution in [1.82, 2.24) is 0 Å². The molecule has 0 radical (unpaired) electrons. The van der Waals surface area contributed by atoms with Gasteiger partial charge in [-0.05, 0) is 0 Å². The Kier molecular flexibility index (Phi) is 4.03. The molecule has 0 aromatic carbocycles. The Hall–Kier alpha value is -0.230. The molecular formula is C8H16F2O3S. The van der Waals surface area contributed by atoms with Crippen LogP contribution >= 0.6 is 0 Å². The van der Waals surface area contributed by atoms with Crippen LogP contribution in [-0.4, -0.2) is 27.2 Å². The van der Waals surface area contributed by atoms with Crippen molar-refractivity contribution >= 4 is 10.1 Å².